The van der Waals surface area contributed by atoms with Crippen molar-refractivity contribution in [2.45, 2.75) is 26.7 Å². The van der Waals surface area contributed by atoms with Gasteiger partial charge in [0, 0.05) is 12.7 Å². The van der Waals surface area contributed by atoms with Crippen molar-refractivity contribution in [2.75, 3.05) is 5.32 Å². The Morgan fingerprint density at radius 1 is 1.28 bits per heavy atom. The molecule has 0 fully saturated rings. The Balaban J connectivity index is 1.93. The lowest BCUT2D eigenvalue weighted by atomic mass is 10.2. The Labute approximate surface area is 145 Å². The van der Waals surface area contributed by atoms with Crippen LogP contribution < -0.4 is 10.9 Å². The van der Waals surface area contributed by atoms with Crippen molar-refractivity contribution < 1.29 is 4.79 Å². The zero-order valence-electron chi connectivity index (χ0n) is 14.5. The van der Waals surface area contributed by atoms with Gasteiger partial charge in [0.25, 0.3) is 11.5 Å². The molecule has 1 amide bonds. The van der Waals surface area contributed by atoms with Gasteiger partial charge in [0.1, 0.15) is 5.69 Å². The summed E-state index contributed by atoms with van der Waals surface area (Å²) in [7, 11) is 1.79. The third-order valence-electron chi connectivity index (χ3n) is 4.18. The first-order chi connectivity index (χ1) is 12.0. The Morgan fingerprint density at radius 2 is 2.00 bits per heavy atom. The molecule has 7 nitrogen and oxygen atoms in total. The van der Waals surface area contributed by atoms with Crippen LogP contribution in [-0.4, -0.2) is 25.5 Å². The van der Waals surface area contributed by atoms with E-state index in [1.54, 1.807) is 24.7 Å². The molecule has 1 aromatic carbocycles. The van der Waals surface area contributed by atoms with Crippen LogP contribution in [0.5, 0.6) is 0 Å². The van der Waals surface area contributed by atoms with Crippen LogP contribution in [0.2, 0.25) is 0 Å². The molecule has 0 bridgehead atoms. The van der Waals surface area contributed by atoms with E-state index in [0.717, 1.165) is 24.2 Å². The first-order valence-corrected chi connectivity index (χ1v) is 8.22. The lowest BCUT2D eigenvalue weighted by molar-refractivity contribution is 0.102. The number of aromatic nitrogens is 4. The van der Waals surface area contributed by atoms with Gasteiger partial charge in [-0.1, -0.05) is 31.5 Å². The number of H-pyrrole nitrogens is 1. The highest BCUT2D eigenvalue weighted by Gasteiger charge is 2.19. The highest BCUT2D eigenvalue weighted by atomic mass is 16.2. The second-order valence-electron chi connectivity index (χ2n) is 5.92. The normalized spacial score (nSPS) is 10.8. The maximum atomic E-state index is 12.8. The quantitative estimate of drug-likeness (QED) is 0.748. The van der Waals surface area contributed by atoms with E-state index in [1.807, 2.05) is 30.3 Å². The lowest BCUT2D eigenvalue weighted by Gasteiger charge is -2.07. The van der Waals surface area contributed by atoms with Crippen LogP contribution in [0, 0.1) is 6.92 Å². The molecule has 0 aliphatic carbocycles. The van der Waals surface area contributed by atoms with Crippen LogP contribution in [-0.2, 0) is 13.5 Å². The van der Waals surface area contributed by atoms with Crippen molar-refractivity contribution in [3.05, 3.63) is 63.8 Å². The molecular formula is C18H21N5O2. The van der Waals surface area contributed by atoms with E-state index in [-0.39, 0.29) is 16.9 Å². The summed E-state index contributed by atoms with van der Waals surface area (Å²) in [6, 6.07) is 11.0. The number of carbonyl (C=O) groups is 1. The molecule has 3 rings (SSSR count). The Morgan fingerprint density at radius 3 is 2.68 bits per heavy atom. The van der Waals surface area contributed by atoms with Gasteiger partial charge in [-0.25, -0.2) is 4.68 Å². The van der Waals surface area contributed by atoms with Gasteiger partial charge in [-0.2, -0.15) is 5.10 Å². The van der Waals surface area contributed by atoms with Gasteiger partial charge in [-0.05, 0) is 31.5 Å². The molecule has 0 atom stereocenters. The predicted molar refractivity (Wildman–Crippen MR) is 96.3 cm³/mol. The minimum Gasteiger partial charge on any atom is -0.314 e. The number of carbonyl (C=O) groups excluding carboxylic acids is 1. The van der Waals surface area contributed by atoms with Gasteiger partial charge < -0.3 is 5.32 Å². The number of aryl methyl sites for hydroxylation is 1. The van der Waals surface area contributed by atoms with Crippen molar-refractivity contribution in [3.8, 4) is 5.69 Å². The Bertz CT molecular complexity index is 950. The van der Waals surface area contributed by atoms with E-state index in [4.69, 9.17) is 0 Å². The van der Waals surface area contributed by atoms with E-state index in [2.05, 4.69) is 22.4 Å². The van der Waals surface area contributed by atoms with Gasteiger partial charge in [0.15, 0.2) is 5.69 Å². The molecule has 0 saturated heterocycles. The van der Waals surface area contributed by atoms with Crippen molar-refractivity contribution >= 4 is 11.6 Å². The van der Waals surface area contributed by atoms with Gasteiger partial charge in [0.05, 0.1) is 11.4 Å². The number of anilines is 1. The number of hydrogen-bond donors (Lipinski definition) is 2. The lowest BCUT2D eigenvalue weighted by Crippen LogP contribution is -2.23. The van der Waals surface area contributed by atoms with Gasteiger partial charge in [-0.15, -0.1) is 0 Å². The zero-order valence-corrected chi connectivity index (χ0v) is 14.5. The molecule has 130 valence electrons. The van der Waals surface area contributed by atoms with Gasteiger partial charge >= 0.3 is 0 Å². The minimum absolute atomic E-state index is 0.261. The number of benzene rings is 1. The van der Waals surface area contributed by atoms with Gasteiger partial charge in [0.2, 0.25) is 0 Å². The number of amides is 1. The number of para-hydroxylation sites is 1. The number of nitrogens with one attached hydrogen (secondary N) is 2. The second-order valence-corrected chi connectivity index (χ2v) is 5.92. The maximum Gasteiger partial charge on any atom is 0.295 e. The van der Waals surface area contributed by atoms with E-state index in [0.29, 0.717) is 5.69 Å². The largest absolute Gasteiger partial charge is 0.314 e. The Kier molecular flexibility index (Phi) is 4.56. The number of hydrogen-bond acceptors (Lipinski definition) is 3. The topological polar surface area (TPSA) is 84.7 Å². The van der Waals surface area contributed by atoms with Crippen LogP contribution >= 0.6 is 0 Å². The first kappa shape index (κ1) is 16.8. The molecule has 0 saturated carbocycles. The molecule has 0 aliphatic heterocycles. The zero-order chi connectivity index (χ0) is 18.0. The average molecular weight is 339 g/mol. The smallest absolute Gasteiger partial charge is 0.295 e. The molecule has 0 unspecified atom stereocenters. The summed E-state index contributed by atoms with van der Waals surface area (Å²) < 4.78 is 3.25. The Hall–Kier alpha value is -3.09. The van der Waals surface area contributed by atoms with Crippen molar-refractivity contribution in [1.82, 2.24) is 19.6 Å². The SMILES string of the molecule is CCCc1cc(C(=O)Nc2c(C)n(C)n(-c3ccccc3)c2=O)n[nH]1. The highest BCUT2D eigenvalue weighted by molar-refractivity contribution is 6.03. The van der Waals surface area contributed by atoms with Crippen LogP contribution in [0.15, 0.2) is 41.2 Å². The van der Waals surface area contributed by atoms with Crippen molar-refractivity contribution in [2.24, 2.45) is 7.05 Å². The molecular weight excluding hydrogens is 318 g/mol. The van der Waals surface area contributed by atoms with Crippen molar-refractivity contribution in [3.63, 3.8) is 0 Å². The fraction of sp³-hybridized carbons (Fsp3) is 0.278. The summed E-state index contributed by atoms with van der Waals surface area (Å²) in [5.74, 6) is -0.399. The minimum atomic E-state index is -0.399. The molecule has 2 N–H and O–H groups in total. The van der Waals surface area contributed by atoms with Crippen LogP contribution in [0.4, 0.5) is 5.69 Å². The van der Waals surface area contributed by atoms with Gasteiger partial charge in [-0.3, -0.25) is 19.4 Å². The number of nitrogens with zero attached hydrogens (tertiary/aromatic N) is 3. The average Bonchev–Trinajstić information content (AvgIpc) is 3.15. The molecule has 0 aliphatic rings. The van der Waals surface area contributed by atoms with E-state index >= 15 is 0 Å². The summed E-state index contributed by atoms with van der Waals surface area (Å²) in [6.45, 7) is 3.85. The third kappa shape index (κ3) is 3.13. The standard InChI is InChI=1S/C18H21N5O2/c1-4-8-13-11-15(21-20-13)17(24)19-16-12(2)22(3)23(18(16)25)14-9-6-5-7-10-14/h5-7,9-11H,4,8H2,1-3H3,(H,19,24)(H,20,21). The second kappa shape index (κ2) is 6.80. The molecule has 2 aromatic heterocycles. The molecule has 25 heavy (non-hydrogen) atoms. The van der Waals surface area contributed by atoms with Crippen LogP contribution in [0.3, 0.4) is 0 Å². The third-order valence-corrected chi connectivity index (χ3v) is 4.18. The van der Waals surface area contributed by atoms with Crippen molar-refractivity contribution in [1.29, 1.82) is 0 Å². The summed E-state index contributed by atoms with van der Waals surface area (Å²) in [5, 5.41) is 9.58. The monoisotopic (exact) mass is 339 g/mol. The maximum absolute atomic E-state index is 12.8. The summed E-state index contributed by atoms with van der Waals surface area (Å²) in [6.07, 6.45) is 1.79. The summed E-state index contributed by atoms with van der Waals surface area (Å²) in [4.78, 5) is 25.2. The molecule has 2 heterocycles. The fourth-order valence-corrected chi connectivity index (χ4v) is 2.77. The van der Waals surface area contributed by atoms with E-state index < -0.39 is 5.91 Å². The molecule has 7 heteroatoms. The fourth-order valence-electron chi connectivity index (χ4n) is 2.77. The highest BCUT2D eigenvalue weighted by Crippen LogP contribution is 2.15. The van der Waals surface area contributed by atoms with E-state index in [9.17, 15) is 9.59 Å². The predicted octanol–water partition coefficient (Wildman–Crippen LogP) is 2.41. The van der Waals surface area contributed by atoms with Crippen LogP contribution in [0.1, 0.15) is 35.2 Å². The summed E-state index contributed by atoms with van der Waals surface area (Å²) in [5.41, 5.74) is 2.58. The summed E-state index contributed by atoms with van der Waals surface area (Å²) >= 11 is 0. The molecule has 3 aromatic rings. The molecule has 0 spiro atoms. The van der Waals surface area contributed by atoms with Crippen LogP contribution in [0.25, 0.3) is 5.69 Å². The first-order valence-electron chi connectivity index (χ1n) is 8.22. The molecule has 0 radical (unpaired) electrons. The van der Waals surface area contributed by atoms with E-state index in [1.165, 1.54) is 4.68 Å². The number of rotatable bonds is 5. The number of aromatic amines is 1.